The van der Waals surface area contributed by atoms with Crippen molar-refractivity contribution in [1.82, 2.24) is 10.6 Å². The number of guanidine groups is 1. The first-order chi connectivity index (χ1) is 13.7. The largest absolute Gasteiger partial charge is 0.396 e. The van der Waals surface area contributed by atoms with Gasteiger partial charge in [0.1, 0.15) is 0 Å². The van der Waals surface area contributed by atoms with Gasteiger partial charge in [0.2, 0.25) is 0 Å². The number of rotatable bonds is 7. The molecule has 0 spiro atoms. The summed E-state index contributed by atoms with van der Waals surface area (Å²) in [5, 5.41) is 16.0. The summed E-state index contributed by atoms with van der Waals surface area (Å²) in [7, 11) is 0. The van der Waals surface area contributed by atoms with E-state index in [1.807, 2.05) is 11.3 Å². The van der Waals surface area contributed by atoms with Crippen molar-refractivity contribution in [1.29, 1.82) is 0 Å². The molecule has 2 heterocycles. The van der Waals surface area contributed by atoms with Gasteiger partial charge in [-0.15, -0.1) is 35.3 Å². The second-order valence-corrected chi connectivity index (χ2v) is 8.71. The van der Waals surface area contributed by atoms with Gasteiger partial charge in [-0.25, -0.2) is 4.99 Å². The number of benzene rings is 1. The monoisotopic (exact) mass is 528 g/mol. The first-order valence-electron chi connectivity index (χ1n) is 10.2. The van der Waals surface area contributed by atoms with E-state index in [0.29, 0.717) is 19.1 Å². The van der Waals surface area contributed by atoms with E-state index in [4.69, 9.17) is 4.99 Å². The highest BCUT2D eigenvalue weighted by Crippen LogP contribution is 2.23. The van der Waals surface area contributed by atoms with Crippen molar-refractivity contribution in [2.75, 3.05) is 31.1 Å². The molecule has 3 N–H and O–H groups in total. The van der Waals surface area contributed by atoms with Crippen LogP contribution in [0.2, 0.25) is 0 Å². The standard InChI is InChI=1S/C22H32N4OS.HI/c1-3-23-22(25-15-21-9-4-17(2)28-21)24-14-18-5-7-20(8-6-18)26-12-10-19(16-27)11-13-26;/h4-9,19,27H,3,10-16H2,1-2H3,(H2,23,24,25);1H. The Balaban J connectivity index is 0.00000300. The molecule has 1 aliphatic rings. The average Bonchev–Trinajstić information content (AvgIpc) is 3.16. The number of anilines is 1. The number of halogens is 1. The highest BCUT2D eigenvalue weighted by molar-refractivity contribution is 14.0. The molecule has 160 valence electrons. The van der Waals surface area contributed by atoms with Crippen molar-refractivity contribution >= 4 is 47.0 Å². The van der Waals surface area contributed by atoms with Gasteiger partial charge in [0.05, 0.1) is 13.1 Å². The van der Waals surface area contributed by atoms with E-state index < -0.39 is 0 Å². The highest BCUT2D eigenvalue weighted by Gasteiger charge is 2.18. The number of aliphatic hydroxyl groups is 1. The maximum atomic E-state index is 9.29. The van der Waals surface area contributed by atoms with Gasteiger partial charge in [-0.1, -0.05) is 12.1 Å². The molecule has 1 aromatic heterocycles. The van der Waals surface area contributed by atoms with Crippen molar-refractivity contribution in [3.8, 4) is 0 Å². The van der Waals surface area contributed by atoms with Crippen LogP contribution in [0, 0.1) is 12.8 Å². The zero-order chi connectivity index (χ0) is 19.8. The van der Waals surface area contributed by atoms with Crippen molar-refractivity contribution < 1.29 is 5.11 Å². The van der Waals surface area contributed by atoms with Crippen LogP contribution in [0.5, 0.6) is 0 Å². The van der Waals surface area contributed by atoms with Gasteiger partial charge >= 0.3 is 0 Å². The predicted octanol–water partition coefficient (Wildman–Crippen LogP) is 4.14. The number of nitrogens with one attached hydrogen (secondary N) is 2. The van der Waals surface area contributed by atoms with Gasteiger partial charge in [0.25, 0.3) is 0 Å². The van der Waals surface area contributed by atoms with Gasteiger partial charge in [0.15, 0.2) is 5.96 Å². The number of aliphatic hydroxyl groups excluding tert-OH is 1. The lowest BCUT2D eigenvalue weighted by atomic mass is 9.97. The first kappa shape index (κ1) is 24.0. The molecule has 5 nitrogen and oxygen atoms in total. The molecule has 29 heavy (non-hydrogen) atoms. The molecular formula is C22H33IN4OS. The third kappa shape index (κ3) is 7.46. The van der Waals surface area contributed by atoms with Crippen LogP contribution in [0.4, 0.5) is 5.69 Å². The Hall–Kier alpha value is -1.32. The van der Waals surface area contributed by atoms with Crippen LogP contribution in [0.15, 0.2) is 41.4 Å². The topological polar surface area (TPSA) is 59.9 Å². The minimum atomic E-state index is 0. The van der Waals surface area contributed by atoms with Crippen molar-refractivity contribution in [3.05, 3.63) is 51.7 Å². The molecule has 2 aromatic rings. The first-order valence-corrected chi connectivity index (χ1v) is 11.0. The summed E-state index contributed by atoms with van der Waals surface area (Å²) in [6.07, 6.45) is 2.15. The molecule has 0 aliphatic carbocycles. The fourth-order valence-electron chi connectivity index (χ4n) is 3.45. The maximum Gasteiger partial charge on any atom is 0.191 e. The Morgan fingerprint density at radius 3 is 2.45 bits per heavy atom. The van der Waals surface area contributed by atoms with E-state index in [-0.39, 0.29) is 24.0 Å². The molecule has 7 heteroatoms. The number of piperidine rings is 1. The summed E-state index contributed by atoms with van der Waals surface area (Å²) in [6.45, 7) is 8.89. The van der Waals surface area contributed by atoms with Crippen molar-refractivity contribution in [2.45, 2.75) is 39.8 Å². The van der Waals surface area contributed by atoms with Crippen LogP contribution in [-0.2, 0) is 13.1 Å². The molecule has 0 saturated carbocycles. The highest BCUT2D eigenvalue weighted by atomic mass is 127. The van der Waals surface area contributed by atoms with Crippen molar-refractivity contribution in [3.63, 3.8) is 0 Å². The van der Waals surface area contributed by atoms with E-state index in [1.54, 1.807) is 0 Å². The molecule has 0 atom stereocenters. The molecule has 0 unspecified atom stereocenters. The number of aliphatic imine (C=N–C) groups is 1. The molecule has 0 radical (unpaired) electrons. The molecule has 1 aromatic carbocycles. The Morgan fingerprint density at radius 1 is 1.14 bits per heavy atom. The van der Waals surface area contributed by atoms with Crippen LogP contribution >= 0.6 is 35.3 Å². The summed E-state index contributed by atoms with van der Waals surface area (Å²) in [4.78, 5) is 9.79. The Bertz CT molecular complexity index is 754. The van der Waals surface area contributed by atoms with E-state index >= 15 is 0 Å². The number of nitrogens with zero attached hydrogens (tertiary/aromatic N) is 2. The Labute approximate surface area is 195 Å². The lowest BCUT2D eigenvalue weighted by Gasteiger charge is -2.32. The van der Waals surface area contributed by atoms with Gasteiger partial charge in [0, 0.05) is 41.7 Å². The molecule has 0 amide bonds. The van der Waals surface area contributed by atoms with E-state index in [0.717, 1.165) is 45.0 Å². The molecule has 1 fully saturated rings. The average molecular weight is 529 g/mol. The smallest absolute Gasteiger partial charge is 0.191 e. The van der Waals surface area contributed by atoms with Gasteiger partial charge in [-0.3, -0.25) is 0 Å². The maximum absolute atomic E-state index is 9.29. The zero-order valence-corrected chi connectivity index (χ0v) is 20.5. The molecule has 1 aliphatic heterocycles. The minimum Gasteiger partial charge on any atom is -0.396 e. The third-order valence-electron chi connectivity index (χ3n) is 5.16. The molecule has 1 saturated heterocycles. The molecular weight excluding hydrogens is 495 g/mol. The fraction of sp³-hybridized carbons (Fsp3) is 0.500. The fourth-order valence-corrected chi connectivity index (χ4v) is 4.28. The quantitative estimate of drug-likeness (QED) is 0.287. The number of hydrogen-bond donors (Lipinski definition) is 3. The normalized spacial score (nSPS) is 15.1. The predicted molar refractivity (Wildman–Crippen MR) is 135 cm³/mol. The van der Waals surface area contributed by atoms with E-state index in [2.05, 4.69) is 65.8 Å². The van der Waals surface area contributed by atoms with Gasteiger partial charge in [-0.2, -0.15) is 0 Å². The Kier molecular flexibility index (Phi) is 10.2. The third-order valence-corrected chi connectivity index (χ3v) is 6.16. The van der Waals surface area contributed by atoms with Crippen LogP contribution in [0.25, 0.3) is 0 Å². The summed E-state index contributed by atoms with van der Waals surface area (Å²) in [5.74, 6) is 1.32. The lowest BCUT2D eigenvalue weighted by molar-refractivity contribution is 0.203. The van der Waals surface area contributed by atoms with Crippen LogP contribution in [0.1, 0.15) is 35.1 Å². The summed E-state index contributed by atoms with van der Waals surface area (Å²) in [6, 6.07) is 13.0. The Morgan fingerprint density at radius 2 is 1.86 bits per heavy atom. The van der Waals surface area contributed by atoms with Crippen LogP contribution in [0.3, 0.4) is 0 Å². The van der Waals surface area contributed by atoms with Crippen LogP contribution in [-0.4, -0.2) is 37.3 Å². The number of thiophene rings is 1. The molecule has 0 bridgehead atoms. The minimum absolute atomic E-state index is 0. The second-order valence-electron chi connectivity index (χ2n) is 7.34. The number of aryl methyl sites for hydroxylation is 1. The summed E-state index contributed by atoms with van der Waals surface area (Å²) < 4.78 is 0. The lowest BCUT2D eigenvalue weighted by Crippen LogP contribution is -2.36. The van der Waals surface area contributed by atoms with E-state index in [9.17, 15) is 5.11 Å². The second kappa shape index (κ2) is 12.4. The molecule has 3 rings (SSSR count). The van der Waals surface area contributed by atoms with E-state index in [1.165, 1.54) is 21.0 Å². The van der Waals surface area contributed by atoms with Crippen molar-refractivity contribution in [2.24, 2.45) is 10.9 Å². The van der Waals surface area contributed by atoms with Gasteiger partial charge in [-0.05, 0) is 62.4 Å². The summed E-state index contributed by atoms with van der Waals surface area (Å²) in [5.41, 5.74) is 2.47. The zero-order valence-electron chi connectivity index (χ0n) is 17.4. The SMILES string of the molecule is CCNC(=NCc1ccc(N2CCC(CO)CC2)cc1)NCc1ccc(C)s1.I. The summed E-state index contributed by atoms with van der Waals surface area (Å²) >= 11 is 1.82. The van der Waals surface area contributed by atoms with Crippen LogP contribution < -0.4 is 15.5 Å². The number of hydrogen-bond acceptors (Lipinski definition) is 4. The van der Waals surface area contributed by atoms with Gasteiger partial charge < -0.3 is 20.6 Å².